The Morgan fingerprint density at radius 3 is 2.55 bits per heavy atom. The fourth-order valence-electron chi connectivity index (χ4n) is 3.29. The van der Waals surface area contributed by atoms with Crippen molar-refractivity contribution in [3.8, 4) is 5.75 Å². The molecule has 3 rings (SSSR count). The maximum atomic E-state index is 13.1. The van der Waals surface area contributed by atoms with Crippen LogP contribution < -0.4 is 4.74 Å². The lowest BCUT2D eigenvalue weighted by Crippen LogP contribution is -2.18. The van der Waals surface area contributed by atoms with Crippen LogP contribution in [-0.2, 0) is 30.2 Å². The van der Waals surface area contributed by atoms with Gasteiger partial charge in [-0.25, -0.2) is 0 Å². The molecule has 5 nitrogen and oxygen atoms in total. The summed E-state index contributed by atoms with van der Waals surface area (Å²) in [6.07, 6.45) is -6.51. The molecule has 1 aromatic heterocycles. The number of benzene rings is 1. The van der Waals surface area contributed by atoms with Gasteiger partial charge in [-0.1, -0.05) is 40.5 Å². The molecular weight excluding hydrogens is 499 g/mol. The Balaban J connectivity index is 1.71. The second kappa shape index (κ2) is 10.3. The molecule has 33 heavy (non-hydrogen) atoms. The van der Waals surface area contributed by atoms with Gasteiger partial charge in [0, 0.05) is 17.2 Å². The van der Waals surface area contributed by atoms with E-state index in [-0.39, 0.29) is 21.8 Å². The average Bonchev–Trinajstić information content (AvgIpc) is 3.16. The minimum Gasteiger partial charge on any atom is -0.489 e. The van der Waals surface area contributed by atoms with Crippen molar-refractivity contribution in [1.82, 2.24) is 9.78 Å². The standard InChI is InChI=1S/C20H17Cl2F6N3O2/c21-18(22)7-9-32-15-6-2-3-12-13(15)4-1-5-14(12)30-33-10-8-31-17(20(26,27)28)11-16(29-31)19(23,24)25/h2-3,6-7,11H,1,4-5,8-10H2/b30-14+. The molecule has 0 spiro atoms. The van der Waals surface area contributed by atoms with Crippen LogP contribution in [0.3, 0.4) is 0 Å². The summed E-state index contributed by atoms with van der Waals surface area (Å²) < 4.78 is 83.4. The molecule has 13 heteroatoms. The van der Waals surface area contributed by atoms with Gasteiger partial charge < -0.3 is 9.57 Å². The predicted octanol–water partition coefficient (Wildman–Crippen LogP) is 6.38. The van der Waals surface area contributed by atoms with Crippen molar-refractivity contribution in [3.63, 3.8) is 0 Å². The summed E-state index contributed by atoms with van der Waals surface area (Å²) >= 11 is 11.1. The predicted molar refractivity (Wildman–Crippen MR) is 109 cm³/mol. The van der Waals surface area contributed by atoms with Crippen molar-refractivity contribution in [1.29, 1.82) is 0 Å². The number of fused-ring (bicyclic) bond motifs is 1. The average molecular weight is 516 g/mol. The van der Waals surface area contributed by atoms with Gasteiger partial charge in [-0.15, -0.1) is 0 Å². The highest BCUT2D eigenvalue weighted by atomic mass is 35.5. The molecule has 0 aliphatic heterocycles. The van der Waals surface area contributed by atoms with Crippen LogP contribution >= 0.6 is 23.2 Å². The fourth-order valence-corrected chi connectivity index (χ4v) is 3.42. The molecule has 0 bridgehead atoms. The summed E-state index contributed by atoms with van der Waals surface area (Å²) in [6, 6.07) is 5.29. The van der Waals surface area contributed by atoms with Crippen LogP contribution in [0.4, 0.5) is 26.3 Å². The van der Waals surface area contributed by atoms with Crippen molar-refractivity contribution in [2.75, 3.05) is 13.2 Å². The quantitative estimate of drug-likeness (QED) is 0.244. The van der Waals surface area contributed by atoms with E-state index in [0.717, 1.165) is 17.5 Å². The van der Waals surface area contributed by atoms with Crippen LogP contribution in [0.5, 0.6) is 5.75 Å². The van der Waals surface area contributed by atoms with Crippen LogP contribution in [0.2, 0.25) is 0 Å². The Labute approximate surface area is 194 Å². The summed E-state index contributed by atoms with van der Waals surface area (Å²) in [5.74, 6) is 0.608. The zero-order valence-corrected chi connectivity index (χ0v) is 18.3. The number of hydrogen-bond acceptors (Lipinski definition) is 4. The normalized spacial score (nSPS) is 15.3. The van der Waals surface area contributed by atoms with Crippen molar-refractivity contribution < 1.29 is 35.9 Å². The van der Waals surface area contributed by atoms with Gasteiger partial charge in [-0.2, -0.15) is 31.4 Å². The Kier molecular flexibility index (Phi) is 7.84. The van der Waals surface area contributed by atoms with E-state index in [2.05, 4.69) is 10.3 Å². The maximum Gasteiger partial charge on any atom is 0.435 e. The van der Waals surface area contributed by atoms with E-state index in [0.29, 0.717) is 24.3 Å². The Morgan fingerprint density at radius 2 is 1.88 bits per heavy atom. The van der Waals surface area contributed by atoms with E-state index in [1.807, 2.05) is 0 Å². The van der Waals surface area contributed by atoms with Gasteiger partial charge >= 0.3 is 12.4 Å². The molecule has 1 aliphatic rings. The molecule has 0 saturated carbocycles. The molecule has 0 saturated heterocycles. The van der Waals surface area contributed by atoms with Crippen LogP contribution in [-0.4, -0.2) is 28.7 Å². The van der Waals surface area contributed by atoms with Crippen molar-refractivity contribution in [3.05, 3.63) is 57.3 Å². The monoisotopic (exact) mass is 515 g/mol. The van der Waals surface area contributed by atoms with Crippen molar-refractivity contribution in [2.24, 2.45) is 5.16 Å². The van der Waals surface area contributed by atoms with Gasteiger partial charge in [0.2, 0.25) is 0 Å². The zero-order valence-electron chi connectivity index (χ0n) is 16.8. The molecule has 0 radical (unpaired) electrons. The van der Waals surface area contributed by atoms with E-state index in [1.165, 1.54) is 6.08 Å². The molecular formula is C20H17Cl2F6N3O2. The van der Waals surface area contributed by atoms with Gasteiger partial charge in [0.05, 0.1) is 12.3 Å². The smallest absolute Gasteiger partial charge is 0.435 e. The third kappa shape index (κ3) is 6.57. The van der Waals surface area contributed by atoms with Gasteiger partial charge in [-0.3, -0.25) is 4.68 Å². The Hall–Kier alpha value is -2.40. The number of alkyl halides is 6. The number of oxime groups is 1. The Morgan fingerprint density at radius 1 is 1.12 bits per heavy atom. The van der Waals surface area contributed by atoms with Crippen LogP contribution in [0.1, 0.15) is 35.4 Å². The van der Waals surface area contributed by atoms with E-state index < -0.39 is 36.9 Å². The molecule has 0 atom stereocenters. The lowest BCUT2D eigenvalue weighted by Gasteiger charge is -2.20. The number of hydrogen-bond donors (Lipinski definition) is 0. The maximum absolute atomic E-state index is 13.1. The second-order valence-electron chi connectivity index (χ2n) is 6.95. The first-order valence-corrected chi connectivity index (χ1v) is 10.4. The first-order chi connectivity index (χ1) is 15.5. The lowest BCUT2D eigenvalue weighted by molar-refractivity contribution is -0.144. The third-order valence-corrected chi connectivity index (χ3v) is 5.00. The minimum absolute atomic E-state index is 0.0304. The third-order valence-electron chi connectivity index (χ3n) is 4.69. The number of ether oxygens (including phenoxy) is 1. The molecule has 1 heterocycles. The topological polar surface area (TPSA) is 48.6 Å². The number of rotatable bonds is 7. The molecule has 2 aromatic rings. The second-order valence-corrected chi connectivity index (χ2v) is 7.95. The van der Waals surface area contributed by atoms with Crippen molar-refractivity contribution >= 4 is 28.9 Å². The van der Waals surface area contributed by atoms with Gasteiger partial charge in [-0.05, 0) is 31.4 Å². The van der Waals surface area contributed by atoms with E-state index in [4.69, 9.17) is 32.8 Å². The largest absolute Gasteiger partial charge is 0.489 e. The van der Waals surface area contributed by atoms with E-state index in [1.54, 1.807) is 18.2 Å². The number of nitrogens with zero attached hydrogens (tertiary/aromatic N) is 3. The number of halogens is 8. The summed E-state index contributed by atoms with van der Waals surface area (Å²) in [5, 5.41) is 7.02. The molecule has 0 N–H and O–H groups in total. The van der Waals surface area contributed by atoms with E-state index in [9.17, 15) is 26.3 Å². The highest BCUT2D eigenvalue weighted by Crippen LogP contribution is 2.35. The molecule has 180 valence electrons. The summed E-state index contributed by atoms with van der Waals surface area (Å²) in [5.41, 5.74) is -0.942. The van der Waals surface area contributed by atoms with Crippen molar-refractivity contribution in [2.45, 2.75) is 38.2 Å². The fraction of sp³-hybridized carbons (Fsp3) is 0.400. The van der Waals surface area contributed by atoms with E-state index >= 15 is 0 Å². The number of aromatic nitrogens is 2. The van der Waals surface area contributed by atoms with Crippen LogP contribution in [0, 0.1) is 0 Å². The van der Waals surface area contributed by atoms with Gasteiger partial charge in [0.15, 0.2) is 5.69 Å². The summed E-state index contributed by atoms with van der Waals surface area (Å²) in [7, 11) is 0. The first kappa shape index (κ1) is 25.2. The highest BCUT2D eigenvalue weighted by molar-refractivity contribution is 6.55. The highest BCUT2D eigenvalue weighted by Gasteiger charge is 2.41. The summed E-state index contributed by atoms with van der Waals surface area (Å²) in [4.78, 5) is 5.14. The van der Waals surface area contributed by atoms with Gasteiger partial charge in [0.25, 0.3) is 0 Å². The molecule has 0 fully saturated rings. The van der Waals surface area contributed by atoms with Crippen LogP contribution in [0.25, 0.3) is 0 Å². The first-order valence-electron chi connectivity index (χ1n) is 9.64. The lowest BCUT2D eigenvalue weighted by atomic mass is 9.89. The van der Waals surface area contributed by atoms with Gasteiger partial charge in [0.1, 0.15) is 29.1 Å². The molecule has 1 aliphatic carbocycles. The van der Waals surface area contributed by atoms with Crippen LogP contribution in [0.15, 0.2) is 40.0 Å². The molecule has 0 unspecified atom stereocenters. The zero-order chi connectivity index (χ0) is 24.2. The minimum atomic E-state index is -5.00. The Bertz CT molecular complexity index is 1040. The molecule has 1 aromatic carbocycles. The SMILES string of the molecule is FC(F)(F)c1cc(C(F)(F)F)n(CCO/N=C2\CCCc3c(OCC=C(Cl)Cl)cccc32)n1. The molecule has 0 amide bonds. The summed E-state index contributed by atoms with van der Waals surface area (Å²) in [6.45, 7) is -0.813.